The van der Waals surface area contributed by atoms with Gasteiger partial charge in [0.15, 0.2) is 0 Å². The molecule has 0 radical (unpaired) electrons. The van der Waals surface area contributed by atoms with Crippen molar-refractivity contribution in [2.45, 2.75) is 31.8 Å². The van der Waals surface area contributed by atoms with Gasteiger partial charge in [-0.1, -0.05) is 30.3 Å². The zero-order valence-electron chi connectivity index (χ0n) is 18.4. The number of benzene rings is 2. The molecule has 2 heterocycles. The van der Waals surface area contributed by atoms with Gasteiger partial charge in [0.05, 0.1) is 32.0 Å². The van der Waals surface area contributed by atoms with Gasteiger partial charge in [-0.15, -0.1) is 11.3 Å². The second-order valence-corrected chi connectivity index (χ2v) is 9.30. The van der Waals surface area contributed by atoms with E-state index in [1.54, 1.807) is 36.5 Å². The molecule has 0 spiro atoms. The maximum absolute atomic E-state index is 13.5. The molecule has 0 saturated heterocycles. The van der Waals surface area contributed by atoms with Crippen molar-refractivity contribution in [2.75, 3.05) is 27.4 Å². The number of hydrogen-bond donors (Lipinski definition) is 1. The Bertz CT molecular complexity index is 1330. The number of nitrogens with one attached hydrogen (secondary N) is 1. The highest BCUT2D eigenvalue weighted by atomic mass is 32.1. The van der Waals surface area contributed by atoms with Crippen LogP contribution in [0.15, 0.2) is 47.5 Å². The van der Waals surface area contributed by atoms with Gasteiger partial charge in [0.2, 0.25) is 0 Å². The van der Waals surface area contributed by atoms with E-state index in [9.17, 15) is 4.79 Å². The lowest BCUT2D eigenvalue weighted by Gasteiger charge is -2.23. The van der Waals surface area contributed by atoms with Gasteiger partial charge in [-0.05, 0) is 41.8 Å². The molecule has 32 heavy (non-hydrogen) atoms. The number of thiophene rings is 1. The van der Waals surface area contributed by atoms with Crippen LogP contribution in [0.5, 0.6) is 5.75 Å². The highest BCUT2D eigenvalue weighted by molar-refractivity contribution is 7.18. The van der Waals surface area contributed by atoms with Crippen LogP contribution in [0.4, 0.5) is 0 Å². The summed E-state index contributed by atoms with van der Waals surface area (Å²) in [4.78, 5) is 20.3. The van der Waals surface area contributed by atoms with Gasteiger partial charge in [-0.25, -0.2) is 4.98 Å². The molecule has 1 unspecified atom stereocenters. The van der Waals surface area contributed by atoms with E-state index >= 15 is 0 Å². The fourth-order valence-electron chi connectivity index (χ4n) is 4.69. The predicted molar refractivity (Wildman–Crippen MR) is 129 cm³/mol. The van der Waals surface area contributed by atoms with Crippen LogP contribution in [-0.2, 0) is 24.1 Å². The topological polar surface area (TPSA) is 65.4 Å². The molecule has 0 saturated carbocycles. The third-order valence-electron chi connectivity index (χ3n) is 6.31. The molecule has 0 amide bonds. The predicted octanol–water partition coefficient (Wildman–Crippen LogP) is 3.76. The highest BCUT2D eigenvalue weighted by Gasteiger charge is 2.25. The van der Waals surface area contributed by atoms with E-state index in [-0.39, 0.29) is 5.56 Å². The van der Waals surface area contributed by atoms with E-state index in [1.807, 2.05) is 30.3 Å². The lowest BCUT2D eigenvalue weighted by molar-refractivity contribution is 0.194. The van der Waals surface area contributed by atoms with Crippen molar-refractivity contribution in [3.63, 3.8) is 0 Å². The van der Waals surface area contributed by atoms with Crippen LogP contribution < -0.4 is 15.6 Å². The van der Waals surface area contributed by atoms with Gasteiger partial charge in [0.1, 0.15) is 10.6 Å². The summed E-state index contributed by atoms with van der Waals surface area (Å²) < 4.78 is 12.4. The Morgan fingerprint density at radius 2 is 2.03 bits per heavy atom. The van der Waals surface area contributed by atoms with Gasteiger partial charge >= 0.3 is 0 Å². The number of aromatic nitrogens is 2. The first-order valence-corrected chi connectivity index (χ1v) is 11.8. The van der Waals surface area contributed by atoms with Crippen molar-refractivity contribution in [1.82, 2.24) is 14.9 Å². The highest BCUT2D eigenvalue weighted by Crippen LogP contribution is 2.34. The van der Waals surface area contributed by atoms with Gasteiger partial charge in [0.25, 0.3) is 5.56 Å². The van der Waals surface area contributed by atoms with E-state index < -0.39 is 0 Å². The summed E-state index contributed by atoms with van der Waals surface area (Å²) in [6, 6.07) is 12.6. The number of ether oxygens (including phenoxy) is 2. The van der Waals surface area contributed by atoms with Crippen LogP contribution in [0, 0.1) is 0 Å². The summed E-state index contributed by atoms with van der Waals surface area (Å²) in [6.45, 7) is 2.04. The van der Waals surface area contributed by atoms with E-state index in [2.05, 4.69) is 16.4 Å². The number of fused-ring (bicyclic) bond motifs is 4. The third-order valence-corrected chi connectivity index (χ3v) is 7.47. The van der Waals surface area contributed by atoms with Gasteiger partial charge in [-0.3, -0.25) is 9.36 Å². The van der Waals surface area contributed by atoms with Gasteiger partial charge in [-0.2, -0.15) is 0 Å². The summed E-state index contributed by atoms with van der Waals surface area (Å²) in [5.41, 5.74) is 2.33. The van der Waals surface area contributed by atoms with Crippen LogP contribution in [0.1, 0.15) is 22.4 Å². The van der Waals surface area contributed by atoms with E-state index in [0.717, 1.165) is 58.1 Å². The van der Waals surface area contributed by atoms with E-state index in [0.29, 0.717) is 19.2 Å². The molecule has 6 nitrogen and oxygen atoms in total. The molecule has 1 atom stereocenters. The molecule has 0 bridgehead atoms. The molecular weight excluding hydrogens is 422 g/mol. The van der Waals surface area contributed by atoms with Crippen molar-refractivity contribution < 1.29 is 9.47 Å². The van der Waals surface area contributed by atoms with E-state index in [1.165, 1.54) is 10.4 Å². The Morgan fingerprint density at radius 3 is 2.84 bits per heavy atom. The Labute approximate surface area is 190 Å². The van der Waals surface area contributed by atoms with Gasteiger partial charge in [0, 0.05) is 30.0 Å². The summed E-state index contributed by atoms with van der Waals surface area (Å²) in [5.74, 6) is 0.839. The van der Waals surface area contributed by atoms with E-state index in [4.69, 9.17) is 9.47 Å². The lowest BCUT2D eigenvalue weighted by atomic mass is 9.93. The Morgan fingerprint density at radius 1 is 1.19 bits per heavy atom. The summed E-state index contributed by atoms with van der Waals surface area (Å²) in [5, 5.41) is 6.51. The molecule has 166 valence electrons. The van der Waals surface area contributed by atoms with Crippen molar-refractivity contribution in [1.29, 1.82) is 0 Å². The Kier molecular flexibility index (Phi) is 5.95. The average Bonchev–Trinajstić information content (AvgIpc) is 3.19. The molecule has 5 rings (SSSR count). The number of aryl methyl sites for hydroxylation is 1. The fourth-order valence-corrected chi connectivity index (χ4v) is 5.94. The first kappa shape index (κ1) is 21.1. The van der Waals surface area contributed by atoms with Crippen LogP contribution >= 0.6 is 11.3 Å². The van der Waals surface area contributed by atoms with Crippen molar-refractivity contribution in [3.8, 4) is 5.75 Å². The molecule has 0 aliphatic heterocycles. The molecule has 2 aromatic carbocycles. The molecule has 1 aliphatic carbocycles. The normalized spacial score (nSPS) is 15.9. The first-order valence-electron chi connectivity index (χ1n) is 11.0. The molecule has 1 N–H and O–H groups in total. The number of methoxy groups -OCH3 is 2. The molecule has 7 heteroatoms. The van der Waals surface area contributed by atoms with Crippen LogP contribution in [-0.4, -0.2) is 43.0 Å². The second-order valence-electron chi connectivity index (χ2n) is 8.22. The summed E-state index contributed by atoms with van der Waals surface area (Å²) in [6.07, 6.45) is 4.58. The number of hydrogen-bond acceptors (Lipinski definition) is 6. The molecule has 1 aliphatic rings. The first-order chi connectivity index (χ1) is 15.7. The largest absolute Gasteiger partial charge is 0.496 e. The van der Waals surface area contributed by atoms with Crippen LogP contribution in [0.3, 0.4) is 0 Å². The van der Waals surface area contributed by atoms with Crippen LogP contribution in [0.25, 0.3) is 21.0 Å². The molecular formula is C25H27N3O3S. The third kappa shape index (κ3) is 3.81. The average molecular weight is 450 g/mol. The monoisotopic (exact) mass is 449 g/mol. The number of rotatable bonds is 7. The maximum Gasteiger partial charge on any atom is 0.262 e. The summed E-state index contributed by atoms with van der Waals surface area (Å²) in [7, 11) is 3.40. The molecule has 4 aromatic rings. The maximum atomic E-state index is 13.5. The minimum absolute atomic E-state index is 0.0539. The van der Waals surface area contributed by atoms with Crippen molar-refractivity contribution in [2.24, 2.45) is 0 Å². The Balaban J connectivity index is 1.48. The lowest BCUT2D eigenvalue weighted by Crippen LogP contribution is -2.36. The van der Waals surface area contributed by atoms with Gasteiger partial charge < -0.3 is 14.8 Å². The smallest absolute Gasteiger partial charge is 0.262 e. The standard InChI is InChI=1S/C25H27N3O3S/c1-30-12-11-26-17-8-9-20-22(13-17)32-24-23(20)25(29)28(15-27-24)14-16-7-10-21(31-2)19-6-4-3-5-18(16)19/h3-7,10,15,17,26H,8-9,11-14H2,1-2H3. The van der Waals surface area contributed by atoms with Crippen LogP contribution in [0.2, 0.25) is 0 Å². The van der Waals surface area contributed by atoms with Crippen molar-refractivity contribution in [3.05, 3.63) is 69.1 Å². The summed E-state index contributed by atoms with van der Waals surface area (Å²) >= 11 is 1.67. The zero-order valence-corrected chi connectivity index (χ0v) is 19.2. The van der Waals surface area contributed by atoms with Crippen molar-refractivity contribution >= 4 is 32.3 Å². The molecule has 2 aromatic heterocycles. The zero-order chi connectivity index (χ0) is 22.1. The number of nitrogens with zero attached hydrogens (tertiary/aromatic N) is 2. The minimum Gasteiger partial charge on any atom is -0.496 e. The minimum atomic E-state index is 0.0539. The quantitative estimate of drug-likeness (QED) is 0.435. The second kappa shape index (κ2) is 9.02. The molecule has 0 fully saturated rings. The Hall–Kier alpha value is -2.74. The fraction of sp³-hybridized carbons (Fsp3) is 0.360. The SMILES string of the molecule is COCCNC1CCc2c(sc3ncn(Cc4ccc(OC)c5ccccc45)c(=O)c23)C1.